The van der Waals surface area contributed by atoms with Crippen molar-refractivity contribution in [3.05, 3.63) is 22.4 Å². The minimum absolute atomic E-state index is 0.00810. The van der Waals surface area contributed by atoms with Crippen molar-refractivity contribution in [2.75, 3.05) is 6.54 Å². The molecule has 1 heterocycles. The van der Waals surface area contributed by atoms with Crippen LogP contribution in [-0.4, -0.2) is 29.6 Å². The molecule has 110 valence electrons. The Balaban J connectivity index is 2.42. The first kappa shape index (κ1) is 16.0. The molecule has 1 unspecified atom stereocenters. The number of primary amides is 1. The van der Waals surface area contributed by atoms with Gasteiger partial charge in [-0.25, -0.2) is 4.79 Å². The van der Waals surface area contributed by atoms with Gasteiger partial charge in [0, 0.05) is 17.8 Å². The molecular weight excluding hydrogens is 282 g/mol. The first-order valence-electron chi connectivity index (χ1n) is 6.07. The molecule has 0 bridgehead atoms. The Morgan fingerprint density at radius 1 is 1.40 bits per heavy atom. The second kappa shape index (κ2) is 8.16. The van der Waals surface area contributed by atoms with Crippen LogP contribution in [0.25, 0.3) is 0 Å². The number of carboxylic acids is 1. The van der Waals surface area contributed by atoms with Crippen LogP contribution in [0.15, 0.2) is 17.5 Å². The van der Waals surface area contributed by atoms with E-state index < -0.39 is 18.0 Å². The van der Waals surface area contributed by atoms with E-state index in [4.69, 9.17) is 10.8 Å². The van der Waals surface area contributed by atoms with Gasteiger partial charge in [0.05, 0.1) is 12.5 Å². The van der Waals surface area contributed by atoms with Crippen LogP contribution in [0.3, 0.4) is 0 Å². The summed E-state index contributed by atoms with van der Waals surface area (Å²) in [6.45, 7) is 0.291. The largest absolute Gasteiger partial charge is 0.481 e. The molecule has 0 aliphatic rings. The zero-order valence-electron chi connectivity index (χ0n) is 10.8. The molecule has 0 radical (unpaired) electrons. The highest BCUT2D eigenvalue weighted by atomic mass is 32.1. The normalized spacial score (nSPS) is 11.6. The predicted octanol–water partition coefficient (Wildman–Crippen LogP) is 0.829. The highest BCUT2D eigenvalue weighted by Crippen LogP contribution is 2.21. The van der Waals surface area contributed by atoms with Gasteiger partial charge in [0.2, 0.25) is 5.91 Å². The van der Waals surface area contributed by atoms with E-state index in [1.54, 1.807) is 0 Å². The van der Waals surface area contributed by atoms with Crippen LogP contribution < -0.4 is 16.4 Å². The lowest BCUT2D eigenvalue weighted by atomic mass is 10.1. The van der Waals surface area contributed by atoms with Crippen LogP contribution in [0.4, 0.5) is 4.79 Å². The van der Waals surface area contributed by atoms with E-state index >= 15 is 0 Å². The SMILES string of the molecule is NC(=O)NC(CC(=O)NCCCC(=O)O)c1cccs1. The number of thiophene rings is 1. The topological polar surface area (TPSA) is 122 Å². The lowest BCUT2D eigenvalue weighted by molar-refractivity contribution is -0.137. The van der Waals surface area contributed by atoms with E-state index in [1.807, 2.05) is 17.5 Å². The van der Waals surface area contributed by atoms with Crippen molar-refractivity contribution < 1.29 is 19.5 Å². The minimum atomic E-state index is -0.897. The summed E-state index contributed by atoms with van der Waals surface area (Å²) in [7, 11) is 0. The Morgan fingerprint density at radius 3 is 2.70 bits per heavy atom. The number of nitrogens with one attached hydrogen (secondary N) is 2. The molecule has 8 heteroatoms. The van der Waals surface area contributed by atoms with Crippen LogP contribution in [0, 0.1) is 0 Å². The molecule has 20 heavy (non-hydrogen) atoms. The Bertz CT molecular complexity index is 461. The molecular formula is C12H17N3O4S. The average molecular weight is 299 g/mol. The molecule has 1 aromatic rings. The van der Waals surface area contributed by atoms with Gasteiger partial charge in [0.25, 0.3) is 0 Å². The number of hydrogen-bond acceptors (Lipinski definition) is 4. The van der Waals surface area contributed by atoms with Crippen molar-refractivity contribution in [2.24, 2.45) is 5.73 Å². The third-order valence-electron chi connectivity index (χ3n) is 2.48. The zero-order chi connectivity index (χ0) is 15.0. The molecule has 0 fully saturated rings. The molecule has 0 saturated heterocycles. The maximum absolute atomic E-state index is 11.7. The molecule has 7 nitrogen and oxygen atoms in total. The Kier molecular flexibility index (Phi) is 6.51. The summed E-state index contributed by atoms with van der Waals surface area (Å²) in [5.41, 5.74) is 5.09. The van der Waals surface area contributed by atoms with E-state index in [9.17, 15) is 14.4 Å². The highest BCUT2D eigenvalue weighted by molar-refractivity contribution is 7.10. The molecule has 0 aliphatic carbocycles. The average Bonchev–Trinajstić information content (AvgIpc) is 2.86. The molecule has 1 atom stereocenters. The molecule has 0 saturated carbocycles. The summed E-state index contributed by atoms with van der Waals surface area (Å²) in [4.78, 5) is 33.8. The van der Waals surface area contributed by atoms with Gasteiger partial charge in [-0.15, -0.1) is 11.3 Å². The fourth-order valence-electron chi connectivity index (χ4n) is 1.61. The predicted molar refractivity (Wildman–Crippen MR) is 74.3 cm³/mol. The summed E-state index contributed by atoms with van der Waals surface area (Å²) in [5.74, 6) is -1.16. The molecule has 1 aromatic heterocycles. The Morgan fingerprint density at radius 2 is 2.15 bits per heavy atom. The van der Waals surface area contributed by atoms with E-state index in [0.717, 1.165) is 4.88 Å². The minimum Gasteiger partial charge on any atom is -0.481 e. The lowest BCUT2D eigenvalue weighted by Crippen LogP contribution is -2.36. The number of carbonyl (C=O) groups excluding carboxylic acids is 2. The van der Waals surface area contributed by atoms with Gasteiger partial charge in [-0.2, -0.15) is 0 Å². The second-order valence-electron chi connectivity index (χ2n) is 4.13. The fourth-order valence-corrected chi connectivity index (χ4v) is 2.39. The van der Waals surface area contributed by atoms with Crippen LogP contribution in [-0.2, 0) is 9.59 Å². The number of amides is 3. The number of hydrogen-bond donors (Lipinski definition) is 4. The third-order valence-corrected chi connectivity index (χ3v) is 3.47. The van der Waals surface area contributed by atoms with Gasteiger partial charge in [-0.05, 0) is 17.9 Å². The van der Waals surface area contributed by atoms with Gasteiger partial charge >= 0.3 is 12.0 Å². The van der Waals surface area contributed by atoms with Crippen molar-refractivity contribution >= 4 is 29.2 Å². The van der Waals surface area contributed by atoms with Gasteiger partial charge in [0.15, 0.2) is 0 Å². The fraction of sp³-hybridized carbons (Fsp3) is 0.417. The maximum Gasteiger partial charge on any atom is 0.312 e. The first-order valence-corrected chi connectivity index (χ1v) is 6.95. The van der Waals surface area contributed by atoms with Crippen molar-refractivity contribution in [1.29, 1.82) is 0 Å². The summed E-state index contributed by atoms with van der Waals surface area (Å²) in [6.07, 6.45) is 0.443. The van der Waals surface area contributed by atoms with Crippen LogP contribution >= 0.6 is 11.3 Å². The Hall–Kier alpha value is -2.09. The van der Waals surface area contributed by atoms with E-state index in [2.05, 4.69) is 10.6 Å². The lowest BCUT2D eigenvalue weighted by Gasteiger charge is -2.15. The number of rotatable bonds is 8. The van der Waals surface area contributed by atoms with E-state index in [1.165, 1.54) is 11.3 Å². The molecule has 0 aromatic carbocycles. The summed E-state index contributed by atoms with van der Waals surface area (Å²) in [5, 5.41) is 15.4. The van der Waals surface area contributed by atoms with Crippen LogP contribution in [0.2, 0.25) is 0 Å². The quantitative estimate of drug-likeness (QED) is 0.531. The summed E-state index contributed by atoms with van der Waals surface area (Å²) < 4.78 is 0. The van der Waals surface area contributed by atoms with Gasteiger partial charge < -0.3 is 21.5 Å². The number of carbonyl (C=O) groups is 3. The number of aliphatic carboxylic acids is 1. The first-order chi connectivity index (χ1) is 9.49. The number of urea groups is 1. The van der Waals surface area contributed by atoms with Crippen molar-refractivity contribution in [2.45, 2.75) is 25.3 Å². The zero-order valence-corrected chi connectivity index (χ0v) is 11.6. The molecule has 0 aliphatic heterocycles. The number of carboxylic acid groups (broad SMARTS) is 1. The summed E-state index contributed by atoms with van der Waals surface area (Å²) >= 11 is 1.42. The Labute approximate surface area is 120 Å². The van der Waals surface area contributed by atoms with E-state index in [-0.39, 0.29) is 18.7 Å². The van der Waals surface area contributed by atoms with Crippen molar-refractivity contribution in [3.63, 3.8) is 0 Å². The second-order valence-corrected chi connectivity index (χ2v) is 5.11. The smallest absolute Gasteiger partial charge is 0.312 e. The summed E-state index contributed by atoms with van der Waals surface area (Å²) in [6, 6.07) is 2.47. The molecule has 0 spiro atoms. The standard InChI is InChI=1S/C12H17N3O4S/c13-12(19)15-8(9-3-2-6-20-9)7-10(16)14-5-1-4-11(17)18/h2-3,6,8H,1,4-5,7H2,(H,14,16)(H,17,18)(H3,13,15,19). The highest BCUT2D eigenvalue weighted by Gasteiger charge is 2.18. The molecule has 3 amide bonds. The van der Waals surface area contributed by atoms with Crippen LogP contribution in [0.1, 0.15) is 30.2 Å². The van der Waals surface area contributed by atoms with E-state index in [0.29, 0.717) is 13.0 Å². The van der Waals surface area contributed by atoms with Gasteiger partial charge in [-0.3, -0.25) is 9.59 Å². The molecule has 1 rings (SSSR count). The van der Waals surface area contributed by atoms with Crippen molar-refractivity contribution in [1.82, 2.24) is 10.6 Å². The van der Waals surface area contributed by atoms with Gasteiger partial charge in [-0.1, -0.05) is 6.07 Å². The van der Waals surface area contributed by atoms with Crippen LogP contribution in [0.5, 0.6) is 0 Å². The third kappa shape index (κ3) is 6.19. The monoisotopic (exact) mass is 299 g/mol. The molecule has 5 N–H and O–H groups in total. The van der Waals surface area contributed by atoms with Gasteiger partial charge in [0.1, 0.15) is 0 Å². The number of nitrogens with two attached hydrogens (primary N) is 1. The maximum atomic E-state index is 11.7. The van der Waals surface area contributed by atoms with Crippen molar-refractivity contribution in [3.8, 4) is 0 Å².